The lowest BCUT2D eigenvalue weighted by Gasteiger charge is -1.97. The Labute approximate surface area is 98.6 Å². The van der Waals surface area contributed by atoms with Gasteiger partial charge in [0.25, 0.3) is 0 Å². The van der Waals surface area contributed by atoms with E-state index in [1.54, 1.807) is 17.5 Å². The molecule has 1 fully saturated rings. The van der Waals surface area contributed by atoms with Gasteiger partial charge in [0.15, 0.2) is 0 Å². The van der Waals surface area contributed by atoms with Gasteiger partial charge in [0.1, 0.15) is 5.01 Å². The van der Waals surface area contributed by atoms with Crippen LogP contribution in [0.4, 0.5) is 0 Å². The minimum Gasteiger partial charge on any atom is -0.308 e. The highest BCUT2D eigenvalue weighted by Crippen LogP contribution is 2.26. The van der Waals surface area contributed by atoms with E-state index >= 15 is 0 Å². The third-order valence-corrected chi connectivity index (χ3v) is 3.67. The molecule has 1 N–H and O–H groups in total. The zero-order valence-corrected chi connectivity index (χ0v) is 9.70. The average Bonchev–Trinajstić information content (AvgIpc) is 3.05. The predicted octanol–water partition coefficient (Wildman–Crippen LogP) is 2.46. The maximum atomic E-state index is 4.42. The Bertz CT molecular complexity index is 462. The Morgan fingerprint density at radius 2 is 2.31 bits per heavy atom. The molecule has 3 nitrogen and oxygen atoms in total. The minimum atomic E-state index is 0.741. The average molecular weight is 231 g/mol. The molecule has 0 atom stereocenters. The van der Waals surface area contributed by atoms with Crippen LogP contribution in [0, 0.1) is 0 Å². The van der Waals surface area contributed by atoms with Crippen molar-refractivity contribution in [3.8, 4) is 10.4 Å². The molecule has 4 heteroatoms. The number of aromatic nitrogens is 2. The van der Waals surface area contributed by atoms with Gasteiger partial charge in [-0.1, -0.05) is 6.07 Å². The Morgan fingerprint density at radius 3 is 3.06 bits per heavy atom. The van der Waals surface area contributed by atoms with E-state index in [4.69, 9.17) is 0 Å². The van der Waals surface area contributed by atoms with Crippen molar-refractivity contribution in [1.82, 2.24) is 15.3 Å². The standard InChI is InChI=1S/C12H13N3S/c1-2-9(6-13-5-1)11-7-15-12(16-11)8-14-10-3-4-10/h1-2,5-7,10,14H,3-4,8H2. The molecule has 2 heterocycles. The van der Waals surface area contributed by atoms with Crippen LogP contribution in [0.25, 0.3) is 10.4 Å². The number of thiazole rings is 1. The van der Waals surface area contributed by atoms with Crippen LogP contribution in [0.3, 0.4) is 0 Å². The van der Waals surface area contributed by atoms with Crippen LogP contribution in [-0.2, 0) is 6.54 Å². The number of pyridine rings is 1. The van der Waals surface area contributed by atoms with E-state index in [0.29, 0.717) is 0 Å². The van der Waals surface area contributed by atoms with Crippen molar-refractivity contribution in [2.45, 2.75) is 25.4 Å². The van der Waals surface area contributed by atoms with E-state index in [2.05, 4.69) is 21.4 Å². The molecule has 16 heavy (non-hydrogen) atoms. The maximum absolute atomic E-state index is 4.42. The molecule has 0 aliphatic heterocycles. The summed E-state index contributed by atoms with van der Waals surface area (Å²) in [6, 6.07) is 4.77. The lowest BCUT2D eigenvalue weighted by Crippen LogP contribution is -2.14. The topological polar surface area (TPSA) is 37.8 Å². The normalized spacial score (nSPS) is 15.2. The largest absolute Gasteiger partial charge is 0.308 e. The summed E-state index contributed by atoms with van der Waals surface area (Å²) < 4.78 is 0. The molecule has 1 saturated carbocycles. The van der Waals surface area contributed by atoms with Crippen LogP contribution in [-0.4, -0.2) is 16.0 Å². The summed E-state index contributed by atoms with van der Waals surface area (Å²) >= 11 is 1.74. The molecule has 0 radical (unpaired) electrons. The van der Waals surface area contributed by atoms with Crippen LogP contribution < -0.4 is 5.32 Å². The first kappa shape index (κ1) is 9.93. The molecular formula is C12H13N3S. The number of hydrogen-bond donors (Lipinski definition) is 1. The maximum Gasteiger partial charge on any atom is 0.107 e. The first-order chi connectivity index (χ1) is 7.92. The first-order valence-corrected chi connectivity index (χ1v) is 6.32. The van der Waals surface area contributed by atoms with Crippen molar-refractivity contribution >= 4 is 11.3 Å². The van der Waals surface area contributed by atoms with Crippen molar-refractivity contribution in [3.63, 3.8) is 0 Å². The van der Waals surface area contributed by atoms with Gasteiger partial charge in [-0.3, -0.25) is 4.98 Å². The van der Waals surface area contributed by atoms with Gasteiger partial charge < -0.3 is 5.32 Å². The SMILES string of the molecule is c1cncc(-c2cnc(CNC3CC3)s2)c1. The van der Waals surface area contributed by atoms with Crippen LogP contribution in [0.1, 0.15) is 17.8 Å². The van der Waals surface area contributed by atoms with E-state index < -0.39 is 0 Å². The quantitative estimate of drug-likeness (QED) is 0.878. The summed E-state index contributed by atoms with van der Waals surface area (Å²) in [5.74, 6) is 0. The van der Waals surface area contributed by atoms with E-state index in [-0.39, 0.29) is 0 Å². The molecule has 3 rings (SSSR count). The van der Waals surface area contributed by atoms with Crippen LogP contribution in [0.15, 0.2) is 30.7 Å². The summed E-state index contributed by atoms with van der Waals surface area (Å²) in [6.07, 6.45) is 8.25. The van der Waals surface area contributed by atoms with E-state index in [0.717, 1.165) is 23.2 Å². The van der Waals surface area contributed by atoms with Crippen molar-refractivity contribution in [2.75, 3.05) is 0 Å². The van der Waals surface area contributed by atoms with E-state index in [1.807, 2.05) is 18.5 Å². The van der Waals surface area contributed by atoms with Crippen molar-refractivity contribution in [3.05, 3.63) is 35.7 Å². The Morgan fingerprint density at radius 1 is 1.38 bits per heavy atom. The molecular weight excluding hydrogens is 218 g/mol. The second-order valence-corrected chi connectivity index (χ2v) is 5.13. The molecule has 0 spiro atoms. The third-order valence-electron chi connectivity index (χ3n) is 2.62. The Balaban J connectivity index is 1.71. The number of nitrogens with one attached hydrogen (secondary N) is 1. The molecule has 0 saturated heterocycles. The Hall–Kier alpha value is -1.26. The first-order valence-electron chi connectivity index (χ1n) is 5.50. The highest BCUT2D eigenvalue weighted by Gasteiger charge is 2.20. The fourth-order valence-corrected chi connectivity index (χ4v) is 2.41. The van der Waals surface area contributed by atoms with Crippen molar-refractivity contribution in [2.24, 2.45) is 0 Å². The zero-order valence-electron chi connectivity index (χ0n) is 8.89. The number of hydrogen-bond acceptors (Lipinski definition) is 4. The molecule has 1 aliphatic carbocycles. The van der Waals surface area contributed by atoms with E-state index in [9.17, 15) is 0 Å². The second-order valence-electron chi connectivity index (χ2n) is 4.02. The van der Waals surface area contributed by atoms with Crippen LogP contribution >= 0.6 is 11.3 Å². The molecule has 2 aromatic heterocycles. The summed E-state index contributed by atoms with van der Waals surface area (Å²) in [5.41, 5.74) is 1.15. The van der Waals surface area contributed by atoms with Gasteiger partial charge in [-0.05, 0) is 18.9 Å². The van der Waals surface area contributed by atoms with Gasteiger partial charge >= 0.3 is 0 Å². The summed E-state index contributed by atoms with van der Waals surface area (Å²) in [5, 5.41) is 4.63. The molecule has 82 valence electrons. The second kappa shape index (κ2) is 4.31. The molecule has 0 amide bonds. The van der Waals surface area contributed by atoms with Gasteiger partial charge in [-0.2, -0.15) is 0 Å². The summed E-state index contributed by atoms with van der Waals surface area (Å²) in [4.78, 5) is 9.73. The van der Waals surface area contributed by atoms with Crippen molar-refractivity contribution < 1.29 is 0 Å². The number of nitrogens with zero attached hydrogens (tertiary/aromatic N) is 2. The van der Waals surface area contributed by atoms with E-state index in [1.165, 1.54) is 17.7 Å². The number of rotatable bonds is 4. The highest BCUT2D eigenvalue weighted by atomic mass is 32.1. The van der Waals surface area contributed by atoms with Gasteiger partial charge in [0.2, 0.25) is 0 Å². The molecule has 0 aromatic carbocycles. The molecule has 0 unspecified atom stereocenters. The molecule has 1 aliphatic rings. The van der Waals surface area contributed by atoms with Crippen LogP contribution in [0.2, 0.25) is 0 Å². The smallest absolute Gasteiger partial charge is 0.107 e. The molecule has 0 bridgehead atoms. The fourth-order valence-electron chi connectivity index (χ4n) is 1.55. The van der Waals surface area contributed by atoms with Gasteiger partial charge in [-0.15, -0.1) is 11.3 Å². The van der Waals surface area contributed by atoms with Crippen LogP contribution in [0.5, 0.6) is 0 Å². The van der Waals surface area contributed by atoms with Gasteiger partial charge in [-0.25, -0.2) is 4.98 Å². The summed E-state index contributed by atoms with van der Waals surface area (Å²) in [6.45, 7) is 0.898. The minimum absolute atomic E-state index is 0.741. The van der Waals surface area contributed by atoms with Gasteiger partial charge in [0.05, 0.1) is 4.88 Å². The third kappa shape index (κ3) is 2.28. The fraction of sp³-hybridized carbons (Fsp3) is 0.333. The summed E-state index contributed by atoms with van der Waals surface area (Å²) in [7, 11) is 0. The monoisotopic (exact) mass is 231 g/mol. The highest BCUT2D eigenvalue weighted by molar-refractivity contribution is 7.15. The lowest BCUT2D eigenvalue weighted by molar-refractivity contribution is 0.684. The lowest BCUT2D eigenvalue weighted by atomic mass is 10.3. The van der Waals surface area contributed by atoms with Gasteiger partial charge in [0, 0.05) is 36.7 Å². The van der Waals surface area contributed by atoms with Crippen molar-refractivity contribution in [1.29, 1.82) is 0 Å². The zero-order chi connectivity index (χ0) is 10.8. The Kier molecular flexibility index (Phi) is 2.68. The molecule has 2 aromatic rings. The predicted molar refractivity (Wildman–Crippen MR) is 65.2 cm³/mol.